The molecule has 76 valence electrons. The van der Waals surface area contributed by atoms with Crippen LogP contribution in [-0.2, 0) is 0 Å². The highest BCUT2D eigenvalue weighted by Gasteiger charge is 2.05. The second kappa shape index (κ2) is 4.97. The Morgan fingerprint density at radius 2 is 2.07 bits per heavy atom. The number of aryl methyl sites for hydroxylation is 1. The maximum Gasteiger partial charge on any atom is 0.0297 e. The Bertz CT molecular complexity index is 315. The third-order valence-corrected chi connectivity index (χ3v) is 2.36. The van der Waals surface area contributed by atoms with Crippen molar-refractivity contribution in [2.45, 2.75) is 26.8 Å². The second-order valence-electron chi connectivity index (χ2n) is 3.92. The van der Waals surface area contributed by atoms with Gasteiger partial charge in [-0.15, -0.1) is 0 Å². The predicted molar refractivity (Wildman–Crippen MR) is 62.4 cm³/mol. The lowest BCUT2D eigenvalue weighted by molar-refractivity contribution is 0.604. The first-order valence-corrected chi connectivity index (χ1v) is 5.04. The van der Waals surface area contributed by atoms with Gasteiger partial charge in [-0.3, -0.25) is 0 Å². The van der Waals surface area contributed by atoms with Crippen molar-refractivity contribution in [3.05, 3.63) is 47.5 Å². The summed E-state index contributed by atoms with van der Waals surface area (Å²) < 4.78 is 0. The molecule has 0 amide bonds. The van der Waals surface area contributed by atoms with Crippen LogP contribution in [0.1, 0.15) is 31.0 Å². The molecule has 0 bridgehead atoms. The summed E-state index contributed by atoms with van der Waals surface area (Å²) in [6.07, 6.45) is 0. The van der Waals surface area contributed by atoms with Crippen LogP contribution in [0, 0.1) is 6.92 Å². The lowest BCUT2D eigenvalue weighted by atomic mass is 10.0. The monoisotopic (exact) mass is 189 g/mol. The first-order chi connectivity index (χ1) is 6.61. The van der Waals surface area contributed by atoms with Gasteiger partial charge in [-0.05, 0) is 31.9 Å². The quantitative estimate of drug-likeness (QED) is 0.717. The van der Waals surface area contributed by atoms with E-state index >= 15 is 0 Å². The maximum atomic E-state index is 3.88. The molecule has 0 aliphatic heterocycles. The predicted octanol–water partition coefficient (Wildman–Crippen LogP) is 3.22. The summed E-state index contributed by atoms with van der Waals surface area (Å²) in [5.74, 6) is 0. The van der Waals surface area contributed by atoms with Crippen LogP contribution in [0.4, 0.5) is 0 Å². The highest BCUT2D eigenvalue weighted by Crippen LogP contribution is 2.16. The van der Waals surface area contributed by atoms with E-state index in [1.807, 2.05) is 6.92 Å². The van der Waals surface area contributed by atoms with Crippen LogP contribution < -0.4 is 5.32 Å². The normalized spacial score (nSPS) is 12.5. The highest BCUT2D eigenvalue weighted by atomic mass is 14.9. The Balaban J connectivity index is 2.65. The molecule has 0 radical (unpaired) electrons. The van der Waals surface area contributed by atoms with Gasteiger partial charge in [0, 0.05) is 12.6 Å². The molecule has 0 spiro atoms. The largest absolute Gasteiger partial charge is 0.306 e. The van der Waals surface area contributed by atoms with Crippen molar-refractivity contribution in [2.24, 2.45) is 0 Å². The van der Waals surface area contributed by atoms with Crippen LogP contribution in [0.5, 0.6) is 0 Å². The Morgan fingerprint density at radius 3 is 2.64 bits per heavy atom. The molecule has 14 heavy (non-hydrogen) atoms. The lowest BCUT2D eigenvalue weighted by Crippen LogP contribution is -2.20. The van der Waals surface area contributed by atoms with Crippen molar-refractivity contribution in [1.82, 2.24) is 5.32 Å². The molecule has 0 heterocycles. The van der Waals surface area contributed by atoms with E-state index < -0.39 is 0 Å². The summed E-state index contributed by atoms with van der Waals surface area (Å²) in [7, 11) is 0. The first-order valence-electron chi connectivity index (χ1n) is 5.04. The van der Waals surface area contributed by atoms with E-state index in [4.69, 9.17) is 0 Å². The van der Waals surface area contributed by atoms with E-state index in [1.54, 1.807) is 0 Å². The fourth-order valence-electron chi connectivity index (χ4n) is 1.51. The van der Waals surface area contributed by atoms with Gasteiger partial charge in [-0.1, -0.05) is 36.4 Å². The van der Waals surface area contributed by atoms with Crippen LogP contribution in [0.2, 0.25) is 0 Å². The smallest absolute Gasteiger partial charge is 0.0297 e. The summed E-state index contributed by atoms with van der Waals surface area (Å²) in [6.45, 7) is 11.1. The number of rotatable bonds is 4. The van der Waals surface area contributed by atoms with Crippen molar-refractivity contribution >= 4 is 0 Å². The van der Waals surface area contributed by atoms with Gasteiger partial charge in [0.1, 0.15) is 0 Å². The molecule has 0 saturated heterocycles. The molecule has 0 unspecified atom stereocenters. The van der Waals surface area contributed by atoms with E-state index in [9.17, 15) is 0 Å². The summed E-state index contributed by atoms with van der Waals surface area (Å²) >= 11 is 0. The topological polar surface area (TPSA) is 12.0 Å². The number of hydrogen-bond donors (Lipinski definition) is 1. The van der Waals surface area contributed by atoms with E-state index in [0.29, 0.717) is 6.04 Å². The van der Waals surface area contributed by atoms with Crippen LogP contribution in [-0.4, -0.2) is 6.54 Å². The molecule has 1 atom stereocenters. The number of benzene rings is 1. The number of hydrogen-bond acceptors (Lipinski definition) is 1. The SMILES string of the molecule is C=C(C)CN[C@H](C)c1ccccc1C. The molecular weight excluding hydrogens is 170 g/mol. The van der Waals surface area contributed by atoms with Crippen molar-refractivity contribution in [3.63, 3.8) is 0 Å². The minimum atomic E-state index is 0.396. The van der Waals surface area contributed by atoms with Gasteiger partial charge < -0.3 is 5.32 Å². The zero-order chi connectivity index (χ0) is 10.6. The molecule has 0 aliphatic rings. The zero-order valence-electron chi connectivity index (χ0n) is 9.30. The van der Waals surface area contributed by atoms with Gasteiger partial charge in [0.15, 0.2) is 0 Å². The summed E-state index contributed by atoms with van der Waals surface area (Å²) in [5, 5.41) is 3.44. The second-order valence-corrected chi connectivity index (χ2v) is 3.92. The average molecular weight is 189 g/mol. The third kappa shape index (κ3) is 3.00. The van der Waals surface area contributed by atoms with Gasteiger partial charge in [0.25, 0.3) is 0 Å². The maximum absolute atomic E-state index is 3.88. The summed E-state index contributed by atoms with van der Waals surface area (Å²) in [5.41, 5.74) is 3.88. The molecule has 0 fully saturated rings. The fraction of sp³-hybridized carbons (Fsp3) is 0.385. The lowest BCUT2D eigenvalue weighted by Gasteiger charge is -2.16. The summed E-state index contributed by atoms with van der Waals surface area (Å²) in [6, 6.07) is 8.87. The van der Waals surface area contributed by atoms with Crippen LogP contribution in [0.25, 0.3) is 0 Å². The van der Waals surface area contributed by atoms with Gasteiger partial charge in [0.2, 0.25) is 0 Å². The Hall–Kier alpha value is -1.08. The Kier molecular flexibility index (Phi) is 3.90. The van der Waals surface area contributed by atoms with Crippen molar-refractivity contribution in [1.29, 1.82) is 0 Å². The Labute approximate surface area is 86.8 Å². The van der Waals surface area contributed by atoms with Crippen LogP contribution >= 0.6 is 0 Å². The molecule has 1 N–H and O–H groups in total. The minimum absolute atomic E-state index is 0.396. The van der Waals surface area contributed by atoms with Gasteiger partial charge in [0.05, 0.1) is 0 Å². The molecule has 0 saturated carbocycles. The summed E-state index contributed by atoms with van der Waals surface area (Å²) in [4.78, 5) is 0. The van der Waals surface area contributed by atoms with Crippen molar-refractivity contribution in [2.75, 3.05) is 6.54 Å². The zero-order valence-corrected chi connectivity index (χ0v) is 9.30. The highest BCUT2D eigenvalue weighted by molar-refractivity contribution is 5.28. The fourth-order valence-corrected chi connectivity index (χ4v) is 1.51. The molecule has 0 aromatic heterocycles. The van der Waals surface area contributed by atoms with Crippen molar-refractivity contribution in [3.8, 4) is 0 Å². The molecule has 1 heteroatoms. The van der Waals surface area contributed by atoms with E-state index in [0.717, 1.165) is 6.54 Å². The van der Waals surface area contributed by atoms with Gasteiger partial charge in [-0.25, -0.2) is 0 Å². The molecule has 0 aliphatic carbocycles. The third-order valence-electron chi connectivity index (χ3n) is 2.36. The van der Waals surface area contributed by atoms with E-state index in [2.05, 4.69) is 50.0 Å². The number of nitrogens with one attached hydrogen (secondary N) is 1. The van der Waals surface area contributed by atoms with Gasteiger partial charge >= 0.3 is 0 Å². The molecule has 1 rings (SSSR count). The first kappa shape index (κ1) is 11.0. The standard InChI is InChI=1S/C13H19N/c1-10(2)9-14-12(4)13-8-6-5-7-11(13)3/h5-8,12,14H,1,9H2,2-4H3/t12-/m1/s1. The molecule has 1 aromatic carbocycles. The molecular formula is C13H19N. The molecule has 1 aromatic rings. The van der Waals surface area contributed by atoms with Crippen LogP contribution in [0.3, 0.4) is 0 Å². The van der Waals surface area contributed by atoms with Gasteiger partial charge in [-0.2, -0.15) is 0 Å². The molecule has 1 nitrogen and oxygen atoms in total. The van der Waals surface area contributed by atoms with E-state index in [1.165, 1.54) is 16.7 Å². The van der Waals surface area contributed by atoms with Crippen LogP contribution in [0.15, 0.2) is 36.4 Å². The Morgan fingerprint density at radius 1 is 1.43 bits per heavy atom. The average Bonchev–Trinajstić information content (AvgIpc) is 2.15. The van der Waals surface area contributed by atoms with Crippen molar-refractivity contribution < 1.29 is 0 Å². The van der Waals surface area contributed by atoms with E-state index in [-0.39, 0.29) is 0 Å². The minimum Gasteiger partial charge on any atom is -0.306 e.